The van der Waals surface area contributed by atoms with Crippen LogP contribution in [-0.4, -0.2) is 16.8 Å². The van der Waals surface area contributed by atoms with Gasteiger partial charge >= 0.3 is 32.6 Å². The Morgan fingerprint density at radius 1 is 0.529 bits per heavy atom. The molecule has 0 spiro atoms. The van der Waals surface area contributed by atoms with Crippen LogP contribution in [0.1, 0.15) is 11.1 Å². The summed E-state index contributed by atoms with van der Waals surface area (Å²) >= 11 is 0. The van der Waals surface area contributed by atoms with Gasteiger partial charge in [0.1, 0.15) is 21.3 Å². The van der Waals surface area contributed by atoms with Crippen LogP contribution in [0.2, 0.25) is 0 Å². The second-order valence-electron chi connectivity index (χ2n) is 6.54. The molecule has 0 heterocycles. The van der Waals surface area contributed by atoms with E-state index >= 15 is 0 Å². The van der Waals surface area contributed by atoms with Crippen molar-refractivity contribution in [3.8, 4) is 11.5 Å². The van der Waals surface area contributed by atoms with Crippen LogP contribution >= 0.6 is 0 Å². The topological polar surface area (TPSA) is 86.7 Å². The first-order valence-electron chi connectivity index (χ1n) is 8.93. The quantitative estimate of drug-likeness (QED) is 0.322. The third-order valence-corrected chi connectivity index (χ3v) is 6.75. The largest absolute Gasteiger partial charge is 0.417 e. The monoisotopic (exact) mass is 526 g/mol. The van der Waals surface area contributed by atoms with Crippen molar-refractivity contribution in [3.63, 3.8) is 0 Å². The van der Waals surface area contributed by atoms with E-state index in [-0.39, 0.29) is 0 Å². The zero-order chi connectivity index (χ0) is 25.4. The van der Waals surface area contributed by atoms with Gasteiger partial charge in [0.2, 0.25) is 0 Å². The minimum absolute atomic E-state index is 0.528. The molecule has 0 saturated carbocycles. The van der Waals surface area contributed by atoms with Crippen molar-refractivity contribution in [2.75, 3.05) is 0 Å². The van der Waals surface area contributed by atoms with E-state index in [0.29, 0.717) is 30.3 Å². The normalized spacial score (nSPS) is 12.9. The summed E-state index contributed by atoms with van der Waals surface area (Å²) in [6.07, 6.45) is -10.0. The van der Waals surface area contributed by atoms with E-state index in [1.54, 1.807) is 0 Å². The fraction of sp³-hybridized carbons (Fsp3) is 0.100. The molecule has 0 bridgehead atoms. The van der Waals surface area contributed by atoms with E-state index in [9.17, 15) is 43.2 Å². The molecular weight excluding hydrogens is 514 g/mol. The maximum Gasteiger partial charge on any atom is 0.417 e. The molecule has 3 aromatic rings. The van der Waals surface area contributed by atoms with Crippen molar-refractivity contribution in [2.24, 2.45) is 0 Å². The molecule has 0 aliphatic rings. The first kappa shape index (κ1) is 25.4. The Hall–Kier alpha value is -3.26. The van der Waals surface area contributed by atoms with Gasteiger partial charge in [0.05, 0.1) is 11.1 Å². The third-order valence-electron chi connectivity index (χ3n) is 4.14. The SMILES string of the molecule is O=S(=O)(Oc1cccc(OS(=O)(=O)c2ccccc2C(F)(F)F)c1)c1ccccc1C(F)(F)F. The maximum absolute atomic E-state index is 13.2. The highest BCUT2D eigenvalue weighted by molar-refractivity contribution is 7.87. The van der Waals surface area contributed by atoms with Crippen LogP contribution < -0.4 is 8.37 Å². The van der Waals surface area contributed by atoms with E-state index < -0.39 is 65.0 Å². The van der Waals surface area contributed by atoms with Gasteiger partial charge < -0.3 is 8.37 Å². The Morgan fingerprint density at radius 2 is 0.882 bits per heavy atom. The second-order valence-corrected chi connectivity index (χ2v) is 9.57. The lowest BCUT2D eigenvalue weighted by Gasteiger charge is -2.15. The van der Waals surface area contributed by atoms with Gasteiger partial charge in [-0.05, 0) is 36.4 Å². The molecule has 0 aliphatic carbocycles. The molecule has 3 aromatic carbocycles. The Morgan fingerprint density at radius 3 is 1.24 bits per heavy atom. The van der Waals surface area contributed by atoms with Crippen LogP contribution in [0.5, 0.6) is 11.5 Å². The summed E-state index contributed by atoms with van der Waals surface area (Å²) in [7, 11) is -10.1. The minimum atomic E-state index is -5.04. The summed E-state index contributed by atoms with van der Waals surface area (Å²) in [5, 5.41) is 0. The molecule has 0 unspecified atom stereocenters. The van der Waals surface area contributed by atoms with Crippen molar-refractivity contribution < 1.29 is 51.5 Å². The lowest BCUT2D eigenvalue weighted by molar-refractivity contribution is -0.140. The van der Waals surface area contributed by atoms with Crippen molar-refractivity contribution in [1.29, 1.82) is 0 Å². The number of hydrogen-bond acceptors (Lipinski definition) is 6. The predicted molar refractivity (Wildman–Crippen MR) is 105 cm³/mol. The highest BCUT2D eigenvalue weighted by Crippen LogP contribution is 2.37. The molecule has 0 N–H and O–H groups in total. The molecule has 0 aromatic heterocycles. The lowest BCUT2D eigenvalue weighted by Crippen LogP contribution is -2.18. The molecule has 0 amide bonds. The fourth-order valence-electron chi connectivity index (χ4n) is 2.76. The summed E-state index contributed by atoms with van der Waals surface area (Å²) in [6, 6.07) is 10.1. The van der Waals surface area contributed by atoms with Gasteiger partial charge in [0, 0.05) is 6.07 Å². The van der Waals surface area contributed by atoms with Crippen molar-refractivity contribution >= 4 is 20.2 Å². The van der Waals surface area contributed by atoms with Crippen LogP contribution in [0.25, 0.3) is 0 Å². The van der Waals surface area contributed by atoms with Gasteiger partial charge in [0.25, 0.3) is 0 Å². The van der Waals surface area contributed by atoms with Crippen molar-refractivity contribution in [1.82, 2.24) is 0 Å². The van der Waals surface area contributed by atoms with Crippen LogP contribution in [0.3, 0.4) is 0 Å². The van der Waals surface area contributed by atoms with Gasteiger partial charge in [-0.3, -0.25) is 0 Å². The average molecular weight is 526 g/mol. The molecule has 0 atom stereocenters. The van der Waals surface area contributed by atoms with E-state index in [0.717, 1.165) is 42.5 Å². The van der Waals surface area contributed by atoms with Gasteiger partial charge in [-0.1, -0.05) is 30.3 Å². The second kappa shape index (κ2) is 8.83. The van der Waals surface area contributed by atoms with Gasteiger partial charge in [0.15, 0.2) is 0 Å². The molecule has 0 fully saturated rings. The van der Waals surface area contributed by atoms with E-state index in [1.807, 2.05) is 0 Å². The van der Waals surface area contributed by atoms with Gasteiger partial charge in [-0.15, -0.1) is 0 Å². The molecule has 182 valence electrons. The number of benzene rings is 3. The molecular formula is C20H12F6O6S2. The van der Waals surface area contributed by atoms with E-state index in [1.165, 1.54) is 0 Å². The van der Waals surface area contributed by atoms with Crippen LogP contribution in [0.15, 0.2) is 82.6 Å². The van der Waals surface area contributed by atoms with Gasteiger partial charge in [-0.25, -0.2) is 0 Å². The Bertz CT molecular complexity index is 1310. The van der Waals surface area contributed by atoms with Crippen LogP contribution in [0.4, 0.5) is 26.3 Å². The minimum Gasteiger partial charge on any atom is -0.379 e. The molecule has 6 nitrogen and oxygen atoms in total. The van der Waals surface area contributed by atoms with E-state index in [4.69, 9.17) is 0 Å². The first-order chi connectivity index (χ1) is 15.6. The Balaban J connectivity index is 1.93. The summed E-state index contributed by atoms with van der Waals surface area (Å²) in [6.45, 7) is 0. The van der Waals surface area contributed by atoms with Crippen molar-refractivity contribution in [3.05, 3.63) is 83.9 Å². The van der Waals surface area contributed by atoms with Gasteiger partial charge in [-0.2, -0.15) is 43.2 Å². The first-order valence-corrected chi connectivity index (χ1v) is 11.7. The highest BCUT2D eigenvalue weighted by atomic mass is 32.2. The predicted octanol–water partition coefficient (Wildman–Crippen LogP) is 5.26. The summed E-state index contributed by atoms with van der Waals surface area (Å²) in [5.41, 5.74) is -2.98. The molecule has 0 radical (unpaired) electrons. The zero-order valence-electron chi connectivity index (χ0n) is 16.5. The highest BCUT2D eigenvalue weighted by Gasteiger charge is 2.39. The number of halogens is 6. The molecule has 0 aliphatic heterocycles. The zero-order valence-corrected chi connectivity index (χ0v) is 18.1. The molecule has 3 rings (SSSR count). The summed E-state index contributed by atoms with van der Waals surface area (Å²) < 4.78 is 138. The van der Waals surface area contributed by atoms with Crippen LogP contribution in [-0.2, 0) is 32.6 Å². The van der Waals surface area contributed by atoms with Crippen LogP contribution in [0, 0.1) is 0 Å². The number of alkyl halides is 6. The molecule has 34 heavy (non-hydrogen) atoms. The van der Waals surface area contributed by atoms with Crippen molar-refractivity contribution in [2.45, 2.75) is 22.1 Å². The smallest absolute Gasteiger partial charge is 0.379 e. The maximum atomic E-state index is 13.2. The fourth-order valence-corrected chi connectivity index (χ4v) is 5.05. The third kappa shape index (κ3) is 5.62. The Kier molecular flexibility index (Phi) is 6.59. The van der Waals surface area contributed by atoms with E-state index in [2.05, 4.69) is 8.37 Å². The Labute approximate surface area is 189 Å². The number of hydrogen-bond donors (Lipinski definition) is 0. The molecule has 14 heteroatoms. The summed E-state index contributed by atoms with van der Waals surface area (Å²) in [4.78, 5) is -2.39. The molecule has 0 saturated heterocycles. The lowest BCUT2D eigenvalue weighted by atomic mass is 10.2. The standard InChI is InChI=1S/C20H12F6O6S2/c21-19(22,23)15-8-1-3-10-17(15)33(27,28)31-13-6-5-7-14(12-13)32-34(29,30)18-11-4-2-9-16(18)20(24,25)26/h1-12H. The number of rotatable bonds is 6. The summed E-state index contributed by atoms with van der Waals surface area (Å²) in [5.74, 6) is -1.29. The average Bonchev–Trinajstić information content (AvgIpc) is 2.72.